The lowest BCUT2D eigenvalue weighted by Crippen LogP contribution is -2.17. The van der Waals surface area contributed by atoms with Gasteiger partial charge in [-0.15, -0.1) is 0 Å². The van der Waals surface area contributed by atoms with Gasteiger partial charge in [-0.2, -0.15) is 26.3 Å². The summed E-state index contributed by atoms with van der Waals surface area (Å²) in [5.41, 5.74) is -2.81. The number of halogens is 6. The molecule has 2 nitrogen and oxygen atoms in total. The molecule has 0 amide bonds. The van der Waals surface area contributed by atoms with E-state index < -0.39 is 35.6 Å². The Morgan fingerprint density at radius 3 is 1.80 bits per heavy atom. The molecule has 2 N–H and O–H groups in total. The second kappa shape index (κ2) is 4.92. The van der Waals surface area contributed by atoms with E-state index in [2.05, 4.69) is 5.32 Å². The zero-order chi connectivity index (χ0) is 15.1. The summed E-state index contributed by atoms with van der Waals surface area (Å²) in [5, 5.41) is 12.0. The summed E-state index contributed by atoms with van der Waals surface area (Å²) in [5.74, 6) is 0. The summed E-state index contributed by atoms with van der Waals surface area (Å²) < 4.78 is 76.0. The van der Waals surface area contributed by atoms with Crippen LogP contribution in [0.5, 0.6) is 0 Å². The smallest absolute Gasteiger partial charge is 0.392 e. The van der Waals surface area contributed by atoms with E-state index in [-0.39, 0.29) is 24.6 Å². The average molecular weight is 299 g/mol. The Labute approximate surface area is 110 Å². The molecule has 0 aliphatic carbocycles. The minimum Gasteiger partial charge on any atom is -0.392 e. The Morgan fingerprint density at radius 1 is 0.950 bits per heavy atom. The van der Waals surface area contributed by atoms with Crippen molar-refractivity contribution in [2.75, 3.05) is 6.54 Å². The lowest BCUT2D eigenvalue weighted by Gasteiger charge is -2.17. The molecule has 0 bridgehead atoms. The van der Waals surface area contributed by atoms with Gasteiger partial charge in [0.15, 0.2) is 0 Å². The first-order chi connectivity index (χ1) is 9.07. The number of hydrogen-bond donors (Lipinski definition) is 2. The predicted octanol–water partition coefficient (Wildman–Crippen LogP) is 3.12. The first kappa shape index (κ1) is 15.1. The van der Waals surface area contributed by atoms with Crippen LogP contribution in [0.1, 0.15) is 29.2 Å². The number of benzene rings is 1. The maximum Gasteiger partial charge on any atom is 0.416 e. The molecule has 1 aliphatic rings. The molecule has 1 aromatic carbocycles. The fourth-order valence-electron chi connectivity index (χ4n) is 2.15. The van der Waals surface area contributed by atoms with Crippen molar-refractivity contribution in [2.45, 2.75) is 30.9 Å². The van der Waals surface area contributed by atoms with Crippen molar-refractivity contribution in [3.63, 3.8) is 0 Å². The number of alkyl halides is 6. The minimum atomic E-state index is -4.85. The van der Waals surface area contributed by atoms with E-state index in [0.29, 0.717) is 12.1 Å². The van der Waals surface area contributed by atoms with Crippen molar-refractivity contribution in [1.29, 1.82) is 0 Å². The van der Waals surface area contributed by atoms with Crippen molar-refractivity contribution < 1.29 is 31.4 Å². The van der Waals surface area contributed by atoms with Crippen LogP contribution in [-0.2, 0) is 12.4 Å². The van der Waals surface area contributed by atoms with Gasteiger partial charge in [-0.3, -0.25) is 0 Å². The van der Waals surface area contributed by atoms with Crippen molar-refractivity contribution in [3.05, 3.63) is 34.9 Å². The molecule has 8 heteroatoms. The Hall–Kier alpha value is -1.28. The van der Waals surface area contributed by atoms with Gasteiger partial charge in [-0.1, -0.05) is 0 Å². The molecule has 1 heterocycles. The van der Waals surface area contributed by atoms with E-state index in [9.17, 15) is 31.4 Å². The number of β-amino-alcohol motifs (C(OH)–C–C–N with tert-alkyl or cyclic N) is 1. The lowest BCUT2D eigenvalue weighted by atomic mass is 9.98. The van der Waals surface area contributed by atoms with E-state index in [4.69, 9.17) is 0 Å². The second-order valence-electron chi connectivity index (χ2n) is 4.69. The molecule has 0 aromatic heterocycles. The SMILES string of the molecule is OC1CNC(c2cc(C(F)(F)F)cc(C(F)(F)F)c2)C1. The fraction of sp³-hybridized carbons (Fsp3) is 0.500. The molecule has 0 radical (unpaired) electrons. The Morgan fingerprint density at radius 2 is 1.45 bits per heavy atom. The normalized spacial score (nSPS) is 24.1. The van der Waals surface area contributed by atoms with Gasteiger partial charge in [-0.25, -0.2) is 0 Å². The highest BCUT2D eigenvalue weighted by atomic mass is 19.4. The summed E-state index contributed by atoms with van der Waals surface area (Å²) in [6.07, 6.45) is -10.4. The zero-order valence-electron chi connectivity index (χ0n) is 10.0. The first-order valence-electron chi connectivity index (χ1n) is 5.78. The van der Waals surface area contributed by atoms with Gasteiger partial charge in [0.2, 0.25) is 0 Å². The summed E-state index contributed by atoms with van der Waals surface area (Å²) in [6, 6.07) is 0.749. The van der Waals surface area contributed by atoms with Crippen molar-refractivity contribution in [2.24, 2.45) is 0 Å². The fourth-order valence-corrected chi connectivity index (χ4v) is 2.15. The van der Waals surface area contributed by atoms with Gasteiger partial charge in [0.05, 0.1) is 17.2 Å². The topological polar surface area (TPSA) is 32.3 Å². The third-order valence-corrected chi connectivity index (χ3v) is 3.12. The van der Waals surface area contributed by atoms with Gasteiger partial charge in [0.1, 0.15) is 0 Å². The molecule has 1 saturated heterocycles. The molecule has 0 saturated carbocycles. The minimum absolute atomic E-state index is 0.0820. The molecule has 2 atom stereocenters. The molecule has 1 aliphatic heterocycles. The monoisotopic (exact) mass is 299 g/mol. The van der Waals surface area contributed by atoms with Crippen molar-refractivity contribution in [1.82, 2.24) is 5.32 Å². The quantitative estimate of drug-likeness (QED) is 0.781. The molecule has 20 heavy (non-hydrogen) atoms. The lowest BCUT2D eigenvalue weighted by molar-refractivity contribution is -0.143. The van der Waals surface area contributed by atoms with Crippen LogP contribution in [0.3, 0.4) is 0 Å². The largest absolute Gasteiger partial charge is 0.416 e. The van der Waals surface area contributed by atoms with Crippen LogP contribution in [0.15, 0.2) is 18.2 Å². The second-order valence-corrected chi connectivity index (χ2v) is 4.69. The van der Waals surface area contributed by atoms with Gasteiger partial charge in [0, 0.05) is 12.6 Å². The van der Waals surface area contributed by atoms with E-state index in [1.165, 1.54) is 0 Å². The van der Waals surface area contributed by atoms with Gasteiger partial charge < -0.3 is 10.4 Å². The summed E-state index contributed by atoms with van der Waals surface area (Å²) >= 11 is 0. The molecule has 2 rings (SSSR count). The van der Waals surface area contributed by atoms with Crippen LogP contribution >= 0.6 is 0 Å². The number of hydrogen-bond acceptors (Lipinski definition) is 2. The number of aliphatic hydroxyl groups excluding tert-OH is 1. The zero-order valence-corrected chi connectivity index (χ0v) is 10.0. The summed E-state index contributed by atoms with van der Waals surface area (Å²) in [7, 11) is 0. The third kappa shape index (κ3) is 3.24. The van der Waals surface area contributed by atoms with Gasteiger partial charge in [-0.05, 0) is 30.2 Å². The standard InChI is InChI=1S/C12H11F6NO/c13-11(14,15)7-1-6(10-4-9(20)5-19-10)2-8(3-7)12(16,17)18/h1-3,9-10,19-20H,4-5H2. The molecule has 112 valence electrons. The molecular weight excluding hydrogens is 288 g/mol. The van der Waals surface area contributed by atoms with E-state index in [1.807, 2.05) is 0 Å². The molecule has 1 fully saturated rings. The van der Waals surface area contributed by atoms with Gasteiger partial charge >= 0.3 is 12.4 Å². The van der Waals surface area contributed by atoms with Crippen LogP contribution < -0.4 is 5.32 Å². The highest BCUT2D eigenvalue weighted by molar-refractivity contribution is 5.35. The third-order valence-electron chi connectivity index (χ3n) is 3.12. The van der Waals surface area contributed by atoms with Crippen LogP contribution in [-0.4, -0.2) is 17.8 Å². The van der Waals surface area contributed by atoms with Crippen molar-refractivity contribution >= 4 is 0 Å². The number of rotatable bonds is 1. The van der Waals surface area contributed by atoms with E-state index in [1.54, 1.807) is 0 Å². The van der Waals surface area contributed by atoms with Crippen LogP contribution in [0.4, 0.5) is 26.3 Å². The number of nitrogens with one attached hydrogen (secondary N) is 1. The summed E-state index contributed by atoms with van der Waals surface area (Å²) in [4.78, 5) is 0. The Bertz CT molecular complexity index is 463. The Kier molecular flexibility index (Phi) is 3.72. The number of aliphatic hydroxyl groups is 1. The van der Waals surface area contributed by atoms with Crippen LogP contribution in [0.25, 0.3) is 0 Å². The highest BCUT2D eigenvalue weighted by Gasteiger charge is 2.38. The maximum atomic E-state index is 12.7. The van der Waals surface area contributed by atoms with Crippen LogP contribution in [0, 0.1) is 0 Å². The Balaban J connectivity index is 2.46. The van der Waals surface area contributed by atoms with E-state index >= 15 is 0 Å². The molecular formula is C12H11F6NO. The highest BCUT2D eigenvalue weighted by Crippen LogP contribution is 2.38. The van der Waals surface area contributed by atoms with Gasteiger partial charge in [0.25, 0.3) is 0 Å². The molecule has 1 aromatic rings. The van der Waals surface area contributed by atoms with Crippen molar-refractivity contribution in [3.8, 4) is 0 Å². The average Bonchev–Trinajstić information content (AvgIpc) is 2.73. The molecule has 2 unspecified atom stereocenters. The van der Waals surface area contributed by atoms with E-state index in [0.717, 1.165) is 0 Å². The predicted molar refractivity (Wildman–Crippen MR) is 57.8 cm³/mol. The van der Waals surface area contributed by atoms with Crippen LogP contribution in [0.2, 0.25) is 0 Å². The maximum absolute atomic E-state index is 12.7. The summed E-state index contributed by atoms with van der Waals surface area (Å²) in [6.45, 7) is 0.141. The molecule has 0 spiro atoms. The first-order valence-corrected chi connectivity index (χ1v) is 5.78.